The number of fused-ring (bicyclic) bond motifs is 1. The molecule has 98 valence electrons. The van der Waals surface area contributed by atoms with Crippen molar-refractivity contribution < 1.29 is 12.7 Å². The Morgan fingerprint density at radius 1 is 1.39 bits per heavy atom. The van der Waals surface area contributed by atoms with Crippen molar-refractivity contribution in [2.75, 3.05) is 6.26 Å². The van der Waals surface area contributed by atoms with Crippen molar-refractivity contribution in [2.45, 2.75) is 6.54 Å². The fourth-order valence-corrected chi connectivity index (χ4v) is 2.35. The molecule has 0 atom stereocenters. The van der Waals surface area contributed by atoms with E-state index in [4.69, 9.17) is 11.6 Å². The summed E-state index contributed by atoms with van der Waals surface area (Å²) < 4.78 is 28.0. The van der Waals surface area contributed by atoms with Gasteiger partial charge in [0.05, 0.1) is 12.8 Å². The van der Waals surface area contributed by atoms with Gasteiger partial charge in [-0.3, -0.25) is 0 Å². The molecule has 1 heterocycles. The molecule has 18 heavy (non-hydrogen) atoms. The van der Waals surface area contributed by atoms with Crippen molar-refractivity contribution in [1.29, 1.82) is 0 Å². The first-order valence-corrected chi connectivity index (χ1v) is 7.42. The van der Waals surface area contributed by atoms with Crippen LogP contribution < -0.4 is 5.48 Å². The number of benzene rings is 1. The molecule has 0 saturated carbocycles. The van der Waals surface area contributed by atoms with Crippen molar-refractivity contribution in [3.63, 3.8) is 0 Å². The van der Waals surface area contributed by atoms with E-state index in [1.54, 1.807) is 0 Å². The van der Waals surface area contributed by atoms with E-state index in [0.717, 1.165) is 22.7 Å². The summed E-state index contributed by atoms with van der Waals surface area (Å²) in [6, 6.07) is 7.70. The molecule has 0 fully saturated rings. The number of halogens is 1. The van der Waals surface area contributed by atoms with Gasteiger partial charge in [0, 0.05) is 23.5 Å². The van der Waals surface area contributed by atoms with Gasteiger partial charge in [-0.1, -0.05) is 29.8 Å². The van der Waals surface area contributed by atoms with Gasteiger partial charge >= 0.3 is 0 Å². The van der Waals surface area contributed by atoms with E-state index in [9.17, 15) is 8.42 Å². The number of hydrogen-bond acceptors (Lipinski definition) is 4. The smallest absolute Gasteiger partial charge is 0.280 e. The summed E-state index contributed by atoms with van der Waals surface area (Å²) in [6.07, 6.45) is 0.977. The Morgan fingerprint density at radius 2 is 2.06 bits per heavy atom. The summed E-state index contributed by atoms with van der Waals surface area (Å²) in [5.41, 5.74) is 4.19. The zero-order chi connectivity index (χ0) is 13.3. The van der Waals surface area contributed by atoms with Crippen LogP contribution in [0.15, 0.2) is 24.3 Å². The van der Waals surface area contributed by atoms with Crippen LogP contribution >= 0.6 is 11.6 Å². The third-order valence-corrected chi connectivity index (χ3v) is 3.50. The van der Waals surface area contributed by atoms with Crippen LogP contribution in [0.3, 0.4) is 0 Å². The lowest BCUT2D eigenvalue weighted by atomic mass is 10.2. The number of aryl methyl sites for hydroxylation is 1. The van der Waals surface area contributed by atoms with Gasteiger partial charge in [0.15, 0.2) is 0 Å². The van der Waals surface area contributed by atoms with Crippen LogP contribution in [0.5, 0.6) is 0 Å². The van der Waals surface area contributed by atoms with E-state index in [2.05, 4.69) is 9.76 Å². The first-order chi connectivity index (χ1) is 8.40. The second kappa shape index (κ2) is 4.89. The maximum atomic E-state index is 10.9. The number of para-hydroxylation sites is 1. The molecule has 1 N–H and O–H groups in total. The molecule has 0 radical (unpaired) electrons. The lowest BCUT2D eigenvalue weighted by Crippen LogP contribution is -2.18. The van der Waals surface area contributed by atoms with Gasteiger partial charge in [0.25, 0.3) is 10.1 Å². The molecule has 2 rings (SSSR count). The Labute approximate surface area is 110 Å². The minimum atomic E-state index is -3.51. The first-order valence-electron chi connectivity index (χ1n) is 5.23. The lowest BCUT2D eigenvalue weighted by Gasteiger charge is -2.03. The van der Waals surface area contributed by atoms with Crippen molar-refractivity contribution in [3.8, 4) is 0 Å². The largest absolute Gasteiger partial charge is 0.334 e. The summed E-state index contributed by atoms with van der Waals surface area (Å²) in [6.45, 7) is 0.216. The molecule has 0 unspecified atom stereocenters. The van der Waals surface area contributed by atoms with Crippen molar-refractivity contribution >= 4 is 32.6 Å². The molecule has 5 nitrogen and oxygen atoms in total. The molecule has 0 amide bonds. The predicted molar refractivity (Wildman–Crippen MR) is 70.7 cm³/mol. The van der Waals surface area contributed by atoms with Crippen LogP contribution in [0.2, 0.25) is 5.15 Å². The number of rotatable bonds is 4. The normalized spacial score (nSPS) is 12.2. The fraction of sp³-hybridized carbons (Fsp3) is 0.273. The first kappa shape index (κ1) is 13.4. The van der Waals surface area contributed by atoms with Gasteiger partial charge in [0.2, 0.25) is 0 Å². The summed E-state index contributed by atoms with van der Waals surface area (Å²) in [5.74, 6) is 0. The van der Waals surface area contributed by atoms with Crippen LogP contribution in [-0.4, -0.2) is 19.2 Å². The van der Waals surface area contributed by atoms with E-state index in [-0.39, 0.29) is 6.54 Å². The highest BCUT2D eigenvalue weighted by Crippen LogP contribution is 2.28. The highest BCUT2D eigenvalue weighted by atomic mass is 35.5. The fourth-order valence-electron chi connectivity index (χ4n) is 1.82. The second-order valence-corrected chi connectivity index (χ2v) is 5.89. The van der Waals surface area contributed by atoms with Crippen LogP contribution in [0.1, 0.15) is 5.56 Å². The van der Waals surface area contributed by atoms with Crippen molar-refractivity contribution in [3.05, 3.63) is 35.0 Å². The van der Waals surface area contributed by atoms with Gasteiger partial charge in [0.1, 0.15) is 5.15 Å². The van der Waals surface area contributed by atoms with Gasteiger partial charge < -0.3 is 4.57 Å². The van der Waals surface area contributed by atoms with Crippen LogP contribution in [0.25, 0.3) is 10.9 Å². The minimum absolute atomic E-state index is 0.216. The SMILES string of the molecule is Cn1c(Cl)c(CNOS(C)(=O)=O)c2ccccc21. The van der Waals surface area contributed by atoms with E-state index in [1.165, 1.54) is 0 Å². The molecular weight excluding hydrogens is 276 g/mol. The predicted octanol–water partition coefficient (Wildman–Crippen LogP) is 1.81. The van der Waals surface area contributed by atoms with E-state index in [1.807, 2.05) is 35.9 Å². The average molecular weight is 289 g/mol. The Hall–Kier alpha value is -1.08. The van der Waals surface area contributed by atoms with Gasteiger partial charge in [-0.15, -0.1) is 0 Å². The van der Waals surface area contributed by atoms with E-state index in [0.29, 0.717) is 5.15 Å². The molecule has 2 aromatic rings. The summed E-state index contributed by atoms with van der Waals surface area (Å²) in [4.78, 5) is 0. The average Bonchev–Trinajstić information content (AvgIpc) is 2.53. The highest BCUT2D eigenvalue weighted by Gasteiger charge is 2.13. The minimum Gasteiger partial charge on any atom is -0.334 e. The number of aromatic nitrogens is 1. The Bertz CT molecular complexity index is 679. The number of hydrogen-bond donors (Lipinski definition) is 1. The van der Waals surface area contributed by atoms with Gasteiger partial charge in [-0.05, 0) is 6.07 Å². The lowest BCUT2D eigenvalue weighted by molar-refractivity contribution is 0.201. The molecule has 0 bridgehead atoms. The standard InChI is InChI=1S/C11H13ClN2O3S/c1-14-10-6-4-3-5-8(10)9(11(14)12)7-13-17-18(2,15)16/h3-6,13H,7H2,1-2H3. The van der Waals surface area contributed by atoms with Crippen LogP contribution in [0, 0.1) is 0 Å². The molecule has 0 aliphatic rings. The molecule has 1 aromatic heterocycles. The number of nitrogens with zero attached hydrogens (tertiary/aromatic N) is 1. The van der Waals surface area contributed by atoms with Gasteiger partial charge in [-0.25, -0.2) is 0 Å². The number of hydroxylamine groups is 1. The maximum Gasteiger partial charge on any atom is 0.280 e. The Balaban J connectivity index is 2.31. The summed E-state index contributed by atoms with van der Waals surface area (Å²) >= 11 is 6.20. The summed E-state index contributed by atoms with van der Waals surface area (Å²) in [7, 11) is -1.66. The topological polar surface area (TPSA) is 60.3 Å². The van der Waals surface area contributed by atoms with Crippen LogP contribution in [0.4, 0.5) is 0 Å². The third kappa shape index (κ3) is 2.67. The molecule has 0 aliphatic carbocycles. The van der Waals surface area contributed by atoms with E-state index < -0.39 is 10.1 Å². The monoisotopic (exact) mass is 288 g/mol. The van der Waals surface area contributed by atoms with Crippen molar-refractivity contribution in [1.82, 2.24) is 10.0 Å². The molecular formula is C11H13ClN2O3S. The van der Waals surface area contributed by atoms with Crippen molar-refractivity contribution in [2.24, 2.45) is 7.05 Å². The molecule has 1 aromatic carbocycles. The van der Waals surface area contributed by atoms with Gasteiger partial charge in [-0.2, -0.15) is 18.2 Å². The maximum absolute atomic E-state index is 10.9. The number of nitrogens with one attached hydrogen (secondary N) is 1. The Kier molecular flexibility index (Phi) is 3.63. The zero-order valence-corrected chi connectivity index (χ0v) is 11.5. The molecule has 0 aliphatic heterocycles. The summed E-state index contributed by atoms with van der Waals surface area (Å²) in [5, 5.41) is 1.52. The zero-order valence-electron chi connectivity index (χ0n) is 9.97. The highest BCUT2D eigenvalue weighted by molar-refractivity contribution is 7.85. The van der Waals surface area contributed by atoms with Crippen LogP contribution in [-0.2, 0) is 28.0 Å². The Morgan fingerprint density at radius 3 is 2.72 bits per heavy atom. The molecule has 0 spiro atoms. The molecule has 0 saturated heterocycles. The van der Waals surface area contributed by atoms with E-state index >= 15 is 0 Å². The second-order valence-electron chi connectivity index (χ2n) is 3.95. The quantitative estimate of drug-likeness (QED) is 0.872. The molecule has 7 heteroatoms. The third-order valence-electron chi connectivity index (χ3n) is 2.59.